The Hall–Kier alpha value is -3.13. The van der Waals surface area contributed by atoms with Crippen molar-refractivity contribution >= 4 is 17.8 Å². The SMILES string of the molecule is C=C1NN=C(CN2CCOC(C(=O)N3CCN(C(=C\CC)/N=C\C(=C/C)C(F)(F)F)CC3)C2)C(C)=C1C(F)(F)F. The number of ether oxygens (including phenoxy) is 1. The quantitative estimate of drug-likeness (QED) is 0.367. The third-order valence-electron chi connectivity index (χ3n) is 6.79. The lowest BCUT2D eigenvalue weighted by molar-refractivity contribution is -0.150. The predicted octanol–water partition coefficient (Wildman–Crippen LogP) is 4.01. The molecule has 3 aliphatic rings. The minimum atomic E-state index is -4.58. The van der Waals surface area contributed by atoms with Crippen molar-refractivity contribution in [2.45, 2.75) is 45.6 Å². The molecule has 40 heavy (non-hydrogen) atoms. The number of hydrazone groups is 1. The topological polar surface area (TPSA) is 72.8 Å². The number of carbonyl (C=O) groups is 1. The van der Waals surface area contributed by atoms with Crippen molar-refractivity contribution in [3.63, 3.8) is 0 Å². The first-order chi connectivity index (χ1) is 18.8. The molecule has 1 atom stereocenters. The molecule has 2 fully saturated rings. The Morgan fingerprint density at radius 3 is 2.38 bits per heavy atom. The predicted molar refractivity (Wildman–Crippen MR) is 139 cm³/mol. The van der Waals surface area contributed by atoms with Crippen LogP contribution in [0.2, 0.25) is 0 Å². The third-order valence-corrected chi connectivity index (χ3v) is 6.79. The van der Waals surface area contributed by atoms with Crippen LogP contribution in [-0.2, 0) is 9.53 Å². The Balaban J connectivity index is 1.60. The molecule has 3 rings (SSSR count). The van der Waals surface area contributed by atoms with E-state index in [9.17, 15) is 31.1 Å². The van der Waals surface area contributed by atoms with E-state index in [1.807, 2.05) is 16.7 Å². The molecule has 8 nitrogen and oxygen atoms in total. The number of halogens is 6. The highest BCUT2D eigenvalue weighted by atomic mass is 19.4. The average Bonchev–Trinajstić information content (AvgIpc) is 2.88. The molecule has 1 N–H and O–H groups in total. The zero-order chi connectivity index (χ0) is 29.7. The number of rotatable bonds is 7. The number of nitrogens with zero attached hydrogens (tertiary/aromatic N) is 5. The highest BCUT2D eigenvalue weighted by molar-refractivity contribution is 6.03. The number of amides is 1. The first kappa shape index (κ1) is 31.4. The van der Waals surface area contributed by atoms with Gasteiger partial charge in [-0.2, -0.15) is 31.4 Å². The second-order valence-electron chi connectivity index (χ2n) is 9.52. The van der Waals surface area contributed by atoms with Gasteiger partial charge in [-0.1, -0.05) is 19.6 Å². The minimum Gasteiger partial charge on any atom is -0.366 e. The average molecular weight is 577 g/mol. The lowest BCUT2D eigenvalue weighted by Crippen LogP contribution is -2.56. The van der Waals surface area contributed by atoms with Crippen LogP contribution in [0.25, 0.3) is 0 Å². The van der Waals surface area contributed by atoms with Gasteiger partial charge in [-0.25, -0.2) is 4.99 Å². The second-order valence-corrected chi connectivity index (χ2v) is 9.52. The Labute approximate surface area is 229 Å². The molecule has 0 aromatic carbocycles. The Bertz CT molecular complexity index is 1110. The van der Waals surface area contributed by atoms with E-state index >= 15 is 0 Å². The van der Waals surface area contributed by atoms with Crippen LogP contribution in [0, 0.1) is 0 Å². The van der Waals surface area contributed by atoms with Gasteiger partial charge < -0.3 is 14.5 Å². The molecule has 0 aromatic rings. The van der Waals surface area contributed by atoms with Crippen molar-refractivity contribution in [3.8, 4) is 0 Å². The molecule has 0 radical (unpaired) electrons. The lowest BCUT2D eigenvalue weighted by Gasteiger charge is -2.39. The molecule has 0 bridgehead atoms. The van der Waals surface area contributed by atoms with Gasteiger partial charge >= 0.3 is 12.4 Å². The molecule has 3 heterocycles. The monoisotopic (exact) mass is 576 g/mol. The van der Waals surface area contributed by atoms with Crippen molar-refractivity contribution in [2.24, 2.45) is 10.1 Å². The lowest BCUT2D eigenvalue weighted by atomic mass is 10.00. The summed E-state index contributed by atoms with van der Waals surface area (Å²) in [6.45, 7) is 10.2. The van der Waals surface area contributed by atoms with E-state index in [1.165, 1.54) is 13.8 Å². The molecule has 0 aromatic heterocycles. The van der Waals surface area contributed by atoms with Gasteiger partial charge in [-0.3, -0.25) is 15.1 Å². The van der Waals surface area contributed by atoms with Crippen LogP contribution in [0.15, 0.2) is 57.1 Å². The van der Waals surface area contributed by atoms with E-state index in [4.69, 9.17) is 4.74 Å². The summed E-state index contributed by atoms with van der Waals surface area (Å²) in [5.74, 6) is 0.159. The van der Waals surface area contributed by atoms with Crippen LogP contribution < -0.4 is 5.43 Å². The summed E-state index contributed by atoms with van der Waals surface area (Å²) in [5, 5.41) is 4.04. The van der Waals surface area contributed by atoms with Crippen molar-refractivity contribution in [3.05, 3.63) is 47.0 Å². The summed E-state index contributed by atoms with van der Waals surface area (Å²) in [5.41, 5.74) is 0.536. The fraction of sp³-hybridized carbons (Fsp3) is 0.577. The second kappa shape index (κ2) is 13.0. The number of piperazine rings is 1. The van der Waals surface area contributed by atoms with Crippen molar-refractivity contribution in [2.75, 3.05) is 52.4 Å². The molecule has 0 aliphatic carbocycles. The van der Waals surface area contributed by atoms with Crippen LogP contribution >= 0.6 is 0 Å². The first-order valence-corrected chi connectivity index (χ1v) is 12.9. The smallest absolute Gasteiger partial charge is 0.366 e. The van der Waals surface area contributed by atoms with E-state index in [1.54, 1.807) is 11.0 Å². The molecular weight excluding hydrogens is 542 g/mol. The molecule has 1 amide bonds. The largest absolute Gasteiger partial charge is 0.418 e. The van der Waals surface area contributed by atoms with Crippen LogP contribution in [0.4, 0.5) is 26.3 Å². The third kappa shape index (κ3) is 7.74. The number of hydrogen-bond donors (Lipinski definition) is 1. The number of allylic oxidation sites excluding steroid dienone is 4. The Morgan fingerprint density at radius 1 is 1.15 bits per heavy atom. The molecule has 1 unspecified atom stereocenters. The van der Waals surface area contributed by atoms with Gasteiger partial charge in [0.25, 0.3) is 5.91 Å². The van der Waals surface area contributed by atoms with Crippen molar-refractivity contribution < 1.29 is 35.9 Å². The molecule has 0 saturated carbocycles. The van der Waals surface area contributed by atoms with Gasteiger partial charge in [-0.05, 0) is 31.9 Å². The number of hydrogen-bond acceptors (Lipinski definition) is 7. The normalized spacial score (nSPS) is 22.7. The number of aliphatic imine (C=N–C) groups is 1. The fourth-order valence-electron chi connectivity index (χ4n) is 4.64. The zero-order valence-corrected chi connectivity index (χ0v) is 22.7. The number of nitrogens with one attached hydrogen (secondary N) is 1. The molecule has 0 spiro atoms. The van der Waals surface area contributed by atoms with Crippen LogP contribution in [0.3, 0.4) is 0 Å². The van der Waals surface area contributed by atoms with E-state index in [0.717, 1.165) is 12.3 Å². The van der Waals surface area contributed by atoms with Gasteiger partial charge in [0, 0.05) is 52.0 Å². The summed E-state index contributed by atoms with van der Waals surface area (Å²) in [7, 11) is 0. The van der Waals surface area contributed by atoms with Gasteiger partial charge in [-0.15, -0.1) is 0 Å². The van der Waals surface area contributed by atoms with Crippen LogP contribution in [-0.4, -0.2) is 103 Å². The van der Waals surface area contributed by atoms with Gasteiger partial charge in [0.1, 0.15) is 11.9 Å². The Kier molecular flexibility index (Phi) is 10.2. The summed E-state index contributed by atoms with van der Waals surface area (Å²) >= 11 is 0. The molecule has 222 valence electrons. The van der Waals surface area contributed by atoms with E-state index in [-0.39, 0.29) is 42.6 Å². The standard InChI is InChI=1S/C26H34F6N6O2/c1-5-7-22(33-14-19(6-2)25(27,28)29)37-8-10-38(11-9-37)24(39)21-16-36(12-13-40-21)15-20-17(3)23(26(30,31)32)18(4)34-35-20/h6-7,14,21,34H,4-5,8-13,15-16H2,1-3H3/b19-6+,22-7-,33-14-. The van der Waals surface area contributed by atoms with E-state index < -0.39 is 29.6 Å². The van der Waals surface area contributed by atoms with Crippen molar-refractivity contribution in [1.29, 1.82) is 0 Å². The fourth-order valence-corrected chi connectivity index (χ4v) is 4.64. The summed E-state index contributed by atoms with van der Waals surface area (Å²) in [6, 6.07) is 0. The van der Waals surface area contributed by atoms with E-state index in [2.05, 4.69) is 22.1 Å². The summed E-state index contributed by atoms with van der Waals surface area (Å²) in [6.07, 6.45) is -5.81. The number of carbonyl (C=O) groups excluding carboxylic acids is 1. The molecule has 2 saturated heterocycles. The maximum absolute atomic E-state index is 13.5. The Morgan fingerprint density at radius 2 is 1.80 bits per heavy atom. The molecule has 14 heteroatoms. The van der Waals surface area contributed by atoms with Gasteiger partial charge in [0.15, 0.2) is 0 Å². The summed E-state index contributed by atoms with van der Waals surface area (Å²) in [4.78, 5) is 22.6. The van der Waals surface area contributed by atoms with Crippen LogP contribution in [0.1, 0.15) is 27.2 Å². The molecular formula is C26H34F6N6O2. The number of alkyl halides is 6. The minimum absolute atomic E-state index is 0.0166. The van der Waals surface area contributed by atoms with Crippen LogP contribution in [0.5, 0.6) is 0 Å². The van der Waals surface area contributed by atoms with Gasteiger partial charge in [0.2, 0.25) is 0 Å². The first-order valence-electron chi connectivity index (χ1n) is 12.9. The van der Waals surface area contributed by atoms with Gasteiger partial charge in [0.05, 0.1) is 29.2 Å². The maximum Gasteiger partial charge on any atom is 0.418 e. The number of morpholine rings is 1. The van der Waals surface area contributed by atoms with Crippen molar-refractivity contribution in [1.82, 2.24) is 20.1 Å². The zero-order valence-electron chi connectivity index (χ0n) is 22.7. The van der Waals surface area contributed by atoms with E-state index in [0.29, 0.717) is 45.0 Å². The highest BCUT2D eigenvalue weighted by Gasteiger charge is 2.40. The summed E-state index contributed by atoms with van der Waals surface area (Å²) < 4.78 is 85.3. The maximum atomic E-state index is 13.5. The molecule has 3 aliphatic heterocycles. The highest BCUT2D eigenvalue weighted by Crippen LogP contribution is 2.34.